The van der Waals surface area contributed by atoms with Gasteiger partial charge in [-0.1, -0.05) is 0 Å². The summed E-state index contributed by atoms with van der Waals surface area (Å²) < 4.78 is 5.11. The maximum absolute atomic E-state index is 12.7. The molecule has 0 bridgehead atoms. The summed E-state index contributed by atoms with van der Waals surface area (Å²) in [7, 11) is 1.58. The van der Waals surface area contributed by atoms with Gasteiger partial charge < -0.3 is 20.7 Å². The van der Waals surface area contributed by atoms with Crippen molar-refractivity contribution in [3.8, 4) is 5.75 Å². The quantitative estimate of drug-likeness (QED) is 0.681. The average molecular weight is 411 g/mol. The number of ether oxygens (including phenoxy) is 1. The number of aryl methyl sites for hydroxylation is 2. The highest BCUT2D eigenvalue weighted by Gasteiger charge is 2.33. The molecule has 0 saturated carbocycles. The summed E-state index contributed by atoms with van der Waals surface area (Å²) in [5.41, 5.74) is 8.98. The van der Waals surface area contributed by atoms with Crippen LogP contribution < -0.4 is 15.8 Å². The fourth-order valence-corrected chi connectivity index (χ4v) is 4.32. The lowest BCUT2D eigenvalue weighted by Crippen LogP contribution is -2.60. The summed E-state index contributed by atoms with van der Waals surface area (Å²) >= 11 is 1.24. The van der Waals surface area contributed by atoms with E-state index in [0.717, 1.165) is 16.6 Å². The molecule has 8 nitrogen and oxygen atoms in total. The van der Waals surface area contributed by atoms with Crippen LogP contribution in [0, 0.1) is 13.8 Å². The van der Waals surface area contributed by atoms with Gasteiger partial charge in [0.05, 0.1) is 24.5 Å². The van der Waals surface area contributed by atoms with Crippen molar-refractivity contribution >= 4 is 39.1 Å². The molecule has 3 aromatic rings. The molecule has 0 spiro atoms. The Morgan fingerprint density at radius 2 is 1.90 bits per heavy atom. The predicted molar refractivity (Wildman–Crippen MR) is 111 cm³/mol. The third-order valence-electron chi connectivity index (χ3n) is 5.18. The summed E-state index contributed by atoms with van der Waals surface area (Å²) in [6.07, 6.45) is 0. The molecule has 1 saturated heterocycles. The lowest BCUT2D eigenvalue weighted by atomic mass is 10.1. The van der Waals surface area contributed by atoms with E-state index in [2.05, 4.69) is 15.5 Å². The van der Waals surface area contributed by atoms with Gasteiger partial charge in [0.2, 0.25) is 0 Å². The van der Waals surface area contributed by atoms with Gasteiger partial charge in [-0.3, -0.25) is 9.59 Å². The Kier molecular flexibility index (Phi) is 4.83. The maximum atomic E-state index is 12.7. The third-order valence-corrected chi connectivity index (χ3v) is 6.27. The number of thiophene rings is 1. The number of benzene rings is 1. The Morgan fingerprint density at radius 3 is 2.55 bits per heavy atom. The van der Waals surface area contributed by atoms with Gasteiger partial charge >= 0.3 is 0 Å². The van der Waals surface area contributed by atoms with Gasteiger partial charge in [-0.2, -0.15) is 5.10 Å². The Labute approximate surface area is 171 Å². The molecule has 0 aliphatic carbocycles. The number of rotatable bonds is 4. The number of nitrogens with zero attached hydrogens (tertiary/aromatic N) is 3. The molecule has 3 heterocycles. The number of methoxy groups -OCH3 is 1. The normalized spacial score (nSPS) is 14.0. The van der Waals surface area contributed by atoms with Gasteiger partial charge in [-0.15, -0.1) is 16.4 Å². The molecule has 29 heavy (non-hydrogen) atoms. The summed E-state index contributed by atoms with van der Waals surface area (Å²) in [6.45, 7) is 4.70. The molecule has 0 unspecified atom stereocenters. The van der Waals surface area contributed by atoms with Crippen molar-refractivity contribution < 1.29 is 14.3 Å². The lowest BCUT2D eigenvalue weighted by Gasteiger charge is -2.39. The zero-order valence-corrected chi connectivity index (χ0v) is 17.2. The van der Waals surface area contributed by atoms with Gasteiger partial charge in [0.15, 0.2) is 0 Å². The number of nitrogens with two attached hydrogens (primary N) is 1. The molecule has 2 aromatic heterocycles. The van der Waals surface area contributed by atoms with Crippen LogP contribution in [0.2, 0.25) is 0 Å². The zero-order valence-electron chi connectivity index (χ0n) is 16.4. The molecule has 0 radical (unpaired) electrons. The molecule has 1 aliphatic heterocycles. The lowest BCUT2D eigenvalue weighted by molar-refractivity contribution is 0.0543. The number of nitrogen functional groups attached to an aromatic ring is 1. The van der Waals surface area contributed by atoms with E-state index in [1.165, 1.54) is 11.3 Å². The van der Waals surface area contributed by atoms with Gasteiger partial charge in [0.25, 0.3) is 11.8 Å². The Hall–Kier alpha value is -3.20. The topological polar surface area (TPSA) is 110 Å². The van der Waals surface area contributed by atoms with Crippen LogP contribution in [-0.4, -0.2) is 53.2 Å². The van der Waals surface area contributed by atoms with Crippen LogP contribution in [0.1, 0.15) is 31.3 Å². The number of hydrogen-bond donors (Lipinski definition) is 2. The smallest absolute Gasteiger partial charge is 0.263 e. The number of amides is 2. The summed E-state index contributed by atoms with van der Waals surface area (Å²) in [5, 5.41) is 12.0. The summed E-state index contributed by atoms with van der Waals surface area (Å²) in [4.78, 5) is 28.0. The second kappa shape index (κ2) is 7.32. The number of aromatic nitrogens is 2. The first-order valence-electron chi connectivity index (χ1n) is 9.15. The van der Waals surface area contributed by atoms with Crippen molar-refractivity contribution in [2.45, 2.75) is 19.9 Å². The molecule has 0 atom stereocenters. The van der Waals surface area contributed by atoms with Crippen LogP contribution in [0.5, 0.6) is 5.75 Å². The van der Waals surface area contributed by atoms with E-state index >= 15 is 0 Å². The number of carbonyl (C=O) groups excluding carboxylic acids is 2. The molecule has 9 heteroatoms. The minimum atomic E-state index is -0.246. The van der Waals surface area contributed by atoms with Crippen LogP contribution in [0.15, 0.2) is 24.3 Å². The number of nitrogens with one attached hydrogen (secondary N) is 1. The largest absolute Gasteiger partial charge is 0.497 e. The van der Waals surface area contributed by atoms with Gasteiger partial charge in [0.1, 0.15) is 15.5 Å². The van der Waals surface area contributed by atoms with E-state index in [0.29, 0.717) is 39.8 Å². The van der Waals surface area contributed by atoms with Crippen LogP contribution in [-0.2, 0) is 0 Å². The van der Waals surface area contributed by atoms with E-state index in [4.69, 9.17) is 10.5 Å². The highest BCUT2D eigenvalue weighted by Crippen LogP contribution is 2.35. The van der Waals surface area contributed by atoms with Crippen LogP contribution in [0.4, 0.5) is 5.69 Å². The standard InChI is InChI=1S/C20H21N5O3S/c1-10-11(2)23-24-19-15(10)16(21)17(29-19)18(26)22-13-8-25(9-13)20(27)12-4-6-14(28-3)7-5-12/h4-7,13H,8-9,21H2,1-3H3,(H,22,26). The highest BCUT2D eigenvalue weighted by atomic mass is 32.1. The Morgan fingerprint density at radius 1 is 1.21 bits per heavy atom. The van der Waals surface area contributed by atoms with Crippen molar-refractivity contribution in [1.29, 1.82) is 0 Å². The third kappa shape index (κ3) is 3.38. The Bertz CT molecular complexity index is 1100. The van der Waals surface area contributed by atoms with Crippen LogP contribution in [0.25, 0.3) is 10.2 Å². The number of anilines is 1. The summed E-state index contributed by atoms with van der Waals surface area (Å²) in [5.74, 6) is 0.386. The Balaban J connectivity index is 1.41. The van der Waals surface area contributed by atoms with Crippen molar-refractivity contribution in [3.63, 3.8) is 0 Å². The predicted octanol–water partition coefficient (Wildman–Crippen LogP) is 2.15. The van der Waals surface area contributed by atoms with Gasteiger partial charge in [0, 0.05) is 24.0 Å². The highest BCUT2D eigenvalue weighted by molar-refractivity contribution is 7.21. The summed E-state index contributed by atoms with van der Waals surface area (Å²) in [6, 6.07) is 6.86. The number of fused-ring (bicyclic) bond motifs is 1. The maximum Gasteiger partial charge on any atom is 0.263 e. The molecule has 3 N–H and O–H groups in total. The first kappa shape index (κ1) is 19.1. The van der Waals surface area contributed by atoms with E-state index in [9.17, 15) is 9.59 Å². The number of carbonyl (C=O) groups is 2. The van der Waals surface area contributed by atoms with Gasteiger partial charge in [-0.05, 0) is 43.7 Å². The zero-order chi connectivity index (χ0) is 20.7. The van der Waals surface area contributed by atoms with Crippen LogP contribution >= 0.6 is 11.3 Å². The van der Waals surface area contributed by atoms with Gasteiger partial charge in [-0.25, -0.2) is 0 Å². The van der Waals surface area contributed by atoms with Crippen molar-refractivity contribution in [2.75, 3.05) is 25.9 Å². The van der Waals surface area contributed by atoms with E-state index in [1.54, 1.807) is 36.3 Å². The fraction of sp³-hybridized carbons (Fsp3) is 0.300. The van der Waals surface area contributed by atoms with Crippen molar-refractivity contribution in [3.05, 3.63) is 46.0 Å². The molecular formula is C20H21N5O3S. The number of likely N-dealkylation sites (tertiary alicyclic amines) is 1. The van der Waals surface area contributed by atoms with E-state index in [1.807, 2.05) is 13.8 Å². The second-order valence-corrected chi connectivity index (χ2v) is 8.04. The van der Waals surface area contributed by atoms with Crippen LogP contribution in [0.3, 0.4) is 0 Å². The first-order chi connectivity index (χ1) is 13.9. The minimum absolute atomic E-state index is 0.0686. The second-order valence-electron chi connectivity index (χ2n) is 7.04. The fourth-order valence-electron chi connectivity index (χ4n) is 3.31. The molecular weight excluding hydrogens is 390 g/mol. The molecule has 2 amide bonds. The van der Waals surface area contributed by atoms with E-state index < -0.39 is 0 Å². The minimum Gasteiger partial charge on any atom is -0.497 e. The molecule has 1 aromatic carbocycles. The average Bonchev–Trinajstić information content (AvgIpc) is 3.04. The van der Waals surface area contributed by atoms with Crippen molar-refractivity contribution in [1.82, 2.24) is 20.4 Å². The molecule has 1 aliphatic rings. The number of hydrogen-bond acceptors (Lipinski definition) is 7. The van der Waals surface area contributed by atoms with Crippen molar-refractivity contribution in [2.24, 2.45) is 0 Å². The monoisotopic (exact) mass is 411 g/mol. The SMILES string of the molecule is COc1ccc(C(=O)N2CC(NC(=O)c3sc4nnc(C)c(C)c4c3N)C2)cc1. The molecule has 1 fully saturated rings. The molecule has 4 rings (SSSR count). The molecule has 150 valence electrons. The first-order valence-corrected chi connectivity index (χ1v) is 9.96. The van der Waals surface area contributed by atoms with E-state index in [-0.39, 0.29) is 17.9 Å².